The van der Waals surface area contributed by atoms with E-state index in [-0.39, 0.29) is 5.91 Å². The Hall–Kier alpha value is -2.47. The quantitative estimate of drug-likeness (QED) is 0.798. The van der Waals surface area contributed by atoms with E-state index < -0.39 is 12.0 Å². The first kappa shape index (κ1) is 16.9. The third-order valence-corrected chi connectivity index (χ3v) is 3.98. The minimum Gasteiger partial charge on any atom is -0.481 e. The van der Waals surface area contributed by atoms with E-state index in [1.807, 2.05) is 30.5 Å². The van der Waals surface area contributed by atoms with E-state index in [4.69, 9.17) is 10.5 Å². The topological polar surface area (TPSA) is 81.4 Å². The monoisotopic (exact) mass is 330 g/mol. The predicted octanol–water partition coefficient (Wildman–Crippen LogP) is 2.91. The lowest BCUT2D eigenvalue weighted by atomic mass is 10.2. The van der Waals surface area contributed by atoms with Crippen LogP contribution in [0.2, 0.25) is 0 Å². The second kappa shape index (κ2) is 7.69. The van der Waals surface area contributed by atoms with Gasteiger partial charge in [-0.15, -0.1) is 11.8 Å². The van der Waals surface area contributed by atoms with Crippen molar-refractivity contribution in [1.82, 2.24) is 0 Å². The maximum Gasteiger partial charge on any atom is 0.265 e. The minimum atomic E-state index is -0.677. The summed E-state index contributed by atoms with van der Waals surface area (Å²) >= 11 is 1.56. The maximum atomic E-state index is 12.2. The molecule has 5 nitrogen and oxygen atoms in total. The van der Waals surface area contributed by atoms with E-state index in [1.165, 1.54) is 0 Å². The molecule has 0 saturated heterocycles. The molecule has 0 radical (unpaired) electrons. The molecule has 1 atom stereocenters. The molecule has 23 heavy (non-hydrogen) atoms. The number of primary amides is 1. The molecule has 0 spiro atoms. The summed E-state index contributed by atoms with van der Waals surface area (Å²) in [6.45, 7) is 1.67. The first-order valence-corrected chi connectivity index (χ1v) is 8.24. The summed E-state index contributed by atoms with van der Waals surface area (Å²) in [6, 6.07) is 13.9. The number of benzene rings is 2. The number of carbonyl (C=O) groups is 2. The number of hydrogen-bond acceptors (Lipinski definition) is 4. The van der Waals surface area contributed by atoms with Gasteiger partial charge in [0.15, 0.2) is 6.10 Å². The van der Waals surface area contributed by atoms with Gasteiger partial charge < -0.3 is 15.8 Å². The average molecular weight is 330 g/mol. The summed E-state index contributed by atoms with van der Waals surface area (Å²) in [5, 5.41) is 2.85. The van der Waals surface area contributed by atoms with E-state index in [2.05, 4.69) is 5.32 Å². The standard InChI is InChI=1S/C17H18N2O3S/c1-11(22-13-9-7-12(8-10-13)16(18)20)17(21)19-14-5-3-4-6-15(14)23-2/h3-11H,1-2H3,(H2,18,20)(H,19,21). The SMILES string of the molecule is CSc1ccccc1NC(=O)C(C)Oc1ccc(C(N)=O)cc1. The summed E-state index contributed by atoms with van der Waals surface area (Å²) in [5.41, 5.74) is 6.33. The normalized spacial score (nSPS) is 11.6. The predicted molar refractivity (Wildman–Crippen MR) is 91.9 cm³/mol. The number of anilines is 1. The van der Waals surface area contributed by atoms with Gasteiger partial charge in [0, 0.05) is 10.5 Å². The largest absolute Gasteiger partial charge is 0.481 e. The minimum absolute atomic E-state index is 0.245. The molecule has 2 aromatic carbocycles. The first-order chi connectivity index (χ1) is 11.0. The fourth-order valence-electron chi connectivity index (χ4n) is 1.94. The lowest BCUT2D eigenvalue weighted by Crippen LogP contribution is -2.30. The molecule has 0 aliphatic rings. The molecule has 2 amide bonds. The Labute approximate surface area is 139 Å². The highest BCUT2D eigenvalue weighted by Crippen LogP contribution is 2.25. The first-order valence-electron chi connectivity index (χ1n) is 7.01. The second-order valence-corrected chi connectivity index (χ2v) is 5.69. The van der Waals surface area contributed by atoms with Crippen LogP contribution in [0.25, 0.3) is 0 Å². The zero-order chi connectivity index (χ0) is 16.8. The van der Waals surface area contributed by atoms with Crippen molar-refractivity contribution < 1.29 is 14.3 Å². The van der Waals surface area contributed by atoms with Crippen LogP contribution < -0.4 is 15.8 Å². The van der Waals surface area contributed by atoms with Gasteiger partial charge in [-0.1, -0.05) is 12.1 Å². The smallest absolute Gasteiger partial charge is 0.265 e. The van der Waals surface area contributed by atoms with Crippen LogP contribution >= 0.6 is 11.8 Å². The number of hydrogen-bond donors (Lipinski definition) is 2. The van der Waals surface area contributed by atoms with E-state index >= 15 is 0 Å². The van der Waals surface area contributed by atoms with Crippen molar-refractivity contribution >= 4 is 29.3 Å². The number of carbonyl (C=O) groups excluding carboxylic acids is 2. The van der Waals surface area contributed by atoms with Crippen molar-refractivity contribution in [1.29, 1.82) is 0 Å². The molecular weight excluding hydrogens is 312 g/mol. The number of amides is 2. The van der Waals surface area contributed by atoms with Crippen LogP contribution in [0.4, 0.5) is 5.69 Å². The maximum absolute atomic E-state index is 12.2. The summed E-state index contributed by atoms with van der Waals surface area (Å²) < 4.78 is 5.59. The van der Waals surface area contributed by atoms with Crippen molar-refractivity contribution in [3.8, 4) is 5.75 Å². The van der Waals surface area contributed by atoms with Crippen LogP contribution in [0.15, 0.2) is 53.4 Å². The number of thioether (sulfide) groups is 1. The highest BCUT2D eigenvalue weighted by molar-refractivity contribution is 7.98. The molecule has 0 aliphatic heterocycles. The molecule has 0 aromatic heterocycles. The van der Waals surface area contributed by atoms with Gasteiger partial charge in [0.25, 0.3) is 5.91 Å². The van der Waals surface area contributed by atoms with Gasteiger partial charge in [0.1, 0.15) is 5.75 Å². The zero-order valence-electron chi connectivity index (χ0n) is 12.9. The molecule has 0 bridgehead atoms. The molecule has 2 aromatic rings. The average Bonchev–Trinajstić information content (AvgIpc) is 2.55. The van der Waals surface area contributed by atoms with Crippen LogP contribution in [0.3, 0.4) is 0 Å². The van der Waals surface area contributed by atoms with Crippen molar-refractivity contribution in [2.24, 2.45) is 5.73 Å². The number of nitrogens with one attached hydrogen (secondary N) is 1. The Bertz CT molecular complexity index is 701. The fourth-order valence-corrected chi connectivity index (χ4v) is 2.49. The number of para-hydroxylation sites is 1. The van der Waals surface area contributed by atoms with Gasteiger partial charge in [-0.25, -0.2) is 0 Å². The molecule has 120 valence electrons. The molecule has 0 heterocycles. The Kier molecular flexibility index (Phi) is 5.65. The Morgan fingerprint density at radius 2 is 1.78 bits per heavy atom. The molecule has 1 unspecified atom stereocenters. The summed E-state index contributed by atoms with van der Waals surface area (Å²) in [4.78, 5) is 24.2. The summed E-state index contributed by atoms with van der Waals surface area (Å²) in [6.07, 6.45) is 1.27. The highest BCUT2D eigenvalue weighted by Gasteiger charge is 2.16. The summed E-state index contributed by atoms with van der Waals surface area (Å²) in [5.74, 6) is -0.253. The van der Waals surface area contributed by atoms with Crippen molar-refractivity contribution in [2.75, 3.05) is 11.6 Å². The van der Waals surface area contributed by atoms with Crippen molar-refractivity contribution in [3.05, 3.63) is 54.1 Å². The Morgan fingerprint density at radius 1 is 1.13 bits per heavy atom. The third kappa shape index (κ3) is 4.50. The molecule has 2 rings (SSSR count). The molecule has 0 fully saturated rings. The third-order valence-electron chi connectivity index (χ3n) is 3.19. The number of ether oxygens (including phenoxy) is 1. The van der Waals surface area contributed by atoms with Crippen LogP contribution in [0.1, 0.15) is 17.3 Å². The van der Waals surface area contributed by atoms with E-state index in [0.717, 1.165) is 10.6 Å². The summed E-state index contributed by atoms with van der Waals surface area (Å²) in [7, 11) is 0. The Balaban J connectivity index is 2.01. The van der Waals surface area contributed by atoms with Gasteiger partial charge >= 0.3 is 0 Å². The highest BCUT2D eigenvalue weighted by atomic mass is 32.2. The number of nitrogens with two attached hydrogens (primary N) is 1. The molecule has 0 saturated carbocycles. The van der Waals surface area contributed by atoms with Crippen molar-refractivity contribution in [2.45, 2.75) is 17.9 Å². The second-order valence-electron chi connectivity index (χ2n) is 4.84. The van der Waals surface area contributed by atoms with Crippen LogP contribution in [0, 0.1) is 0 Å². The zero-order valence-corrected chi connectivity index (χ0v) is 13.7. The Morgan fingerprint density at radius 3 is 2.39 bits per heavy atom. The molecule has 6 heteroatoms. The van der Waals surface area contributed by atoms with Gasteiger partial charge in [-0.2, -0.15) is 0 Å². The molecule has 3 N–H and O–H groups in total. The van der Waals surface area contributed by atoms with Crippen LogP contribution in [-0.2, 0) is 4.79 Å². The van der Waals surface area contributed by atoms with E-state index in [1.54, 1.807) is 43.0 Å². The lowest BCUT2D eigenvalue weighted by Gasteiger charge is -2.16. The molecular formula is C17H18N2O3S. The van der Waals surface area contributed by atoms with E-state index in [9.17, 15) is 9.59 Å². The van der Waals surface area contributed by atoms with E-state index in [0.29, 0.717) is 11.3 Å². The van der Waals surface area contributed by atoms with Gasteiger partial charge in [0.2, 0.25) is 5.91 Å². The molecule has 0 aliphatic carbocycles. The number of rotatable bonds is 6. The van der Waals surface area contributed by atoms with Gasteiger partial charge in [-0.3, -0.25) is 9.59 Å². The van der Waals surface area contributed by atoms with Gasteiger partial charge in [0.05, 0.1) is 5.69 Å². The van der Waals surface area contributed by atoms with Gasteiger partial charge in [-0.05, 0) is 49.6 Å². The van der Waals surface area contributed by atoms with Crippen LogP contribution in [-0.4, -0.2) is 24.2 Å². The lowest BCUT2D eigenvalue weighted by molar-refractivity contribution is -0.122. The fraction of sp³-hybridized carbons (Fsp3) is 0.176. The van der Waals surface area contributed by atoms with Crippen LogP contribution in [0.5, 0.6) is 5.75 Å². The van der Waals surface area contributed by atoms with Crippen molar-refractivity contribution in [3.63, 3.8) is 0 Å².